The molecular formula is C45H43N9O7. The third-order valence-electron chi connectivity index (χ3n) is 12.7. The fourth-order valence-electron chi connectivity index (χ4n) is 9.43. The molecule has 16 heteroatoms. The number of carbonyl (C=O) groups is 6. The van der Waals surface area contributed by atoms with E-state index in [1.165, 1.54) is 0 Å². The molecule has 3 saturated heterocycles. The van der Waals surface area contributed by atoms with Crippen LogP contribution >= 0.6 is 0 Å². The van der Waals surface area contributed by atoms with E-state index in [4.69, 9.17) is 14.7 Å². The number of pyridine rings is 2. The molecule has 2 aromatic carbocycles. The van der Waals surface area contributed by atoms with E-state index in [9.17, 15) is 28.8 Å². The number of hydrogen-bond donors (Lipinski definition) is 1. The number of imidazole rings is 1. The predicted molar refractivity (Wildman–Crippen MR) is 221 cm³/mol. The maximum Gasteiger partial charge on any atom is 0.272 e. The molecule has 0 saturated carbocycles. The molecular weight excluding hydrogens is 779 g/mol. The van der Waals surface area contributed by atoms with Crippen molar-refractivity contribution >= 4 is 51.9 Å². The van der Waals surface area contributed by atoms with Crippen molar-refractivity contribution in [3.8, 4) is 22.5 Å². The summed E-state index contributed by atoms with van der Waals surface area (Å²) in [6, 6.07) is 15.7. The molecule has 1 atom stereocenters. The summed E-state index contributed by atoms with van der Waals surface area (Å²) in [7, 11) is 0. The number of carbonyl (C=O) groups excluding carboxylic acids is 6. The molecule has 61 heavy (non-hydrogen) atoms. The largest absolute Gasteiger partial charge is 0.381 e. The van der Waals surface area contributed by atoms with Crippen molar-refractivity contribution < 1.29 is 33.5 Å². The zero-order valence-electron chi connectivity index (χ0n) is 33.6. The highest BCUT2D eigenvalue weighted by molar-refractivity contribution is 6.25. The number of anilines is 1. The third-order valence-corrected chi connectivity index (χ3v) is 12.7. The zero-order valence-corrected chi connectivity index (χ0v) is 33.6. The first kappa shape index (κ1) is 38.4. The smallest absolute Gasteiger partial charge is 0.272 e. The number of ether oxygens (including phenoxy) is 1. The molecule has 6 amide bonds. The number of amides is 6. The number of piperazine rings is 1. The number of imide groups is 2. The summed E-state index contributed by atoms with van der Waals surface area (Å²) in [6.45, 7) is 6.46. The summed E-state index contributed by atoms with van der Waals surface area (Å²) in [5.74, 6) is -1.01. The van der Waals surface area contributed by atoms with Crippen molar-refractivity contribution in [3.05, 3.63) is 95.3 Å². The Labute approximate surface area is 350 Å². The molecule has 3 aromatic heterocycles. The van der Waals surface area contributed by atoms with Crippen LogP contribution in [0.2, 0.25) is 0 Å². The monoisotopic (exact) mass is 821 g/mol. The summed E-state index contributed by atoms with van der Waals surface area (Å²) >= 11 is 0. The fraction of sp³-hybridized carbons (Fsp3) is 0.356. The average molecular weight is 822 g/mol. The number of nitrogens with one attached hydrogen (secondary N) is 1. The second-order valence-electron chi connectivity index (χ2n) is 16.2. The van der Waals surface area contributed by atoms with Crippen LogP contribution in [0.5, 0.6) is 0 Å². The van der Waals surface area contributed by atoms with Crippen molar-refractivity contribution in [1.29, 1.82) is 0 Å². The van der Waals surface area contributed by atoms with Crippen LogP contribution in [0.15, 0.2) is 67.0 Å². The van der Waals surface area contributed by atoms with Gasteiger partial charge in [-0.05, 0) is 55.0 Å². The van der Waals surface area contributed by atoms with Gasteiger partial charge >= 0.3 is 0 Å². The summed E-state index contributed by atoms with van der Waals surface area (Å²) in [5.41, 5.74) is 5.67. The van der Waals surface area contributed by atoms with Gasteiger partial charge in [0, 0.05) is 101 Å². The predicted octanol–water partition coefficient (Wildman–Crippen LogP) is 3.78. The van der Waals surface area contributed by atoms with Gasteiger partial charge in [-0.25, -0.2) is 4.98 Å². The van der Waals surface area contributed by atoms with Crippen LogP contribution in [0.3, 0.4) is 0 Å². The van der Waals surface area contributed by atoms with Gasteiger partial charge in [0.1, 0.15) is 17.6 Å². The Kier molecular flexibility index (Phi) is 9.65. The molecule has 3 fully saturated rings. The summed E-state index contributed by atoms with van der Waals surface area (Å²) in [5, 5.41) is 4.16. The highest BCUT2D eigenvalue weighted by atomic mass is 16.5. The van der Waals surface area contributed by atoms with Gasteiger partial charge in [-0.1, -0.05) is 24.3 Å². The van der Waals surface area contributed by atoms with Crippen LogP contribution in [0.25, 0.3) is 33.3 Å². The number of benzene rings is 2. The van der Waals surface area contributed by atoms with E-state index >= 15 is 0 Å². The average Bonchev–Trinajstić information content (AvgIpc) is 3.79. The minimum atomic E-state index is -1.05. The van der Waals surface area contributed by atoms with Crippen molar-refractivity contribution in [2.45, 2.75) is 57.7 Å². The summed E-state index contributed by atoms with van der Waals surface area (Å²) < 4.78 is 7.98. The van der Waals surface area contributed by atoms with Crippen molar-refractivity contribution in [2.24, 2.45) is 0 Å². The van der Waals surface area contributed by atoms with Gasteiger partial charge in [0.25, 0.3) is 17.7 Å². The van der Waals surface area contributed by atoms with Crippen molar-refractivity contribution in [1.82, 2.24) is 39.5 Å². The molecule has 8 heterocycles. The van der Waals surface area contributed by atoms with Gasteiger partial charge in [-0.3, -0.25) is 49.0 Å². The topological polar surface area (TPSA) is 180 Å². The molecule has 16 nitrogen and oxygen atoms in total. The fourth-order valence-corrected chi connectivity index (χ4v) is 9.43. The second-order valence-corrected chi connectivity index (χ2v) is 16.2. The molecule has 1 unspecified atom stereocenters. The van der Waals surface area contributed by atoms with Crippen molar-refractivity contribution in [3.63, 3.8) is 0 Å². The Bertz CT molecular complexity index is 2660. The van der Waals surface area contributed by atoms with Gasteiger partial charge in [-0.2, -0.15) is 0 Å². The lowest BCUT2D eigenvalue weighted by atomic mass is 9.99. The van der Waals surface area contributed by atoms with Crippen LogP contribution in [-0.2, 0) is 32.2 Å². The van der Waals surface area contributed by atoms with Crippen LogP contribution in [0.4, 0.5) is 5.69 Å². The van der Waals surface area contributed by atoms with Crippen LogP contribution in [0, 0.1) is 0 Å². The molecule has 0 radical (unpaired) electrons. The third kappa shape index (κ3) is 6.70. The molecule has 5 aromatic rings. The minimum Gasteiger partial charge on any atom is -0.381 e. The van der Waals surface area contributed by atoms with Crippen molar-refractivity contribution in [2.75, 3.05) is 50.8 Å². The number of fused-ring (bicyclic) bond motifs is 3. The molecule has 1 N–H and O–H groups in total. The zero-order chi connectivity index (χ0) is 41.9. The highest BCUT2D eigenvalue weighted by Gasteiger charge is 2.46. The molecule has 5 aliphatic rings. The summed E-state index contributed by atoms with van der Waals surface area (Å²) in [6.07, 6.45) is 5.48. The quantitative estimate of drug-likeness (QED) is 0.247. The Hall–Kier alpha value is -6.81. The van der Waals surface area contributed by atoms with Gasteiger partial charge in [0.15, 0.2) is 0 Å². The van der Waals surface area contributed by atoms with Gasteiger partial charge < -0.3 is 24.0 Å². The molecule has 0 spiro atoms. The minimum absolute atomic E-state index is 0.0446. The highest BCUT2D eigenvalue weighted by Crippen LogP contribution is 2.38. The Morgan fingerprint density at radius 3 is 2.33 bits per heavy atom. The normalized spacial score (nSPS) is 19.7. The Balaban J connectivity index is 0.841. The maximum absolute atomic E-state index is 13.7. The van der Waals surface area contributed by atoms with Crippen LogP contribution in [-0.4, -0.2) is 122 Å². The van der Waals surface area contributed by atoms with Crippen LogP contribution in [0.1, 0.15) is 81.2 Å². The van der Waals surface area contributed by atoms with Gasteiger partial charge in [-0.15, -0.1) is 0 Å². The standard InChI is InChI=1S/C45H43N9O7/c1-26(55)52-18-19-53-37(25-52)40(49-41(53)27-12-20-61-21-13-27)30-5-2-4-28-22-34(47-24-32(28)30)29-8-9-33(46-23-29)44(59)51-16-14-50(15-17-51)35-7-3-6-31-39(35)45(60)54(43(31)58)36-10-11-38(56)48-42(36)57/h2-9,22-24,27,36H,10-21,25H2,1H3,(H,48,56,57). The molecule has 5 aliphatic heterocycles. The number of rotatable bonds is 6. The molecule has 0 bridgehead atoms. The molecule has 0 aliphatic carbocycles. The first-order valence-electron chi connectivity index (χ1n) is 20.8. The van der Waals surface area contributed by atoms with E-state index < -0.39 is 29.7 Å². The number of aromatic nitrogens is 4. The van der Waals surface area contributed by atoms with Gasteiger partial charge in [0.2, 0.25) is 17.7 Å². The molecule has 310 valence electrons. The van der Waals surface area contributed by atoms with Gasteiger partial charge in [0.05, 0.1) is 40.4 Å². The van der Waals surface area contributed by atoms with E-state index in [0.29, 0.717) is 82.0 Å². The number of piperidine rings is 1. The molecule has 10 rings (SSSR count). The van der Waals surface area contributed by atoms with E-state index in [0.717, 1.165) is 56.9 Å². The number of nitrogens with zero attached hydrogens (tertiary/aromatic N) is 8. The lowest BCUT2D eigenvalue weighted by molar-refractivity contribution is -0.136. The SMILES string of the molecule is CC(=O)N1CCn2c(C3CCOCC3)nc(-c3cccc4cc(-c5ccc(C(=O)N6CCN(c7cccc8c7C(=O)N(C7CCC(=O)NC7=O)C8=O)CC6)nc5)ncc34)c2C1. The summed E-state index contributed by atoms with van der Waals surface area (Å²) in [4.78, 5) is 98.7. The first-order valence-corrected chi connectivity index (χ1v) is 20.8. The van der Waals surface area contributed by atoms with E-state index in [1.807, 2.05) is 40.3 Å². The Morgan fingerprint density at radius 2 is 1.57 bits per heavy atom. The lowest BCUT2D eigenvalue weighted by Gasteiger charge is -2.36. The van der Waals surface area contributed by atoms with Crippen LogP contribution < -0.4 is 10.2 Å². The van der Waals surface area contributed by atoms with E-state index in [2.05, 4.69) is 20.9 Å². The lowest BCUT2D eigenvalue weighted by Crippen LogP contribution is -2.54. The first-order chi connectivity index (χ1) is 29.6. The maximum atomic E-state index is 13.7. The number of hydrogen-bond acceptors (Lipinski definition) is 11. The van der Waals surface area contributed by atoms with E-state index in [1.54, 1.807) is 42.3 Å². The Morgan fingerprint density at radius 1 is 0.803 bits per heavy atom. The second kappa shape index (κ2) is 15.3. The van der Waals surface area contributed by atoms with E-state index in [-0.39, 0.29) is 35.8 Å².